The SMILES string of the molecule is C=CCOC(=O)N[C@@H](CSSC(C)(C)C)C(=O)NCCCC[C@@H]1CC(=O)[C@H](Cc2ccccc2)NC(=O)C(CSSC(C)(C)C)OC(=O)C(CCc2ccccc2)NC(=O)[C@H](C)NC(=O)[C@H](C)N(C)C(=O)[C@H](Cc2ccccc2)N(C)C(=O)[C@H](C)CC(=O)[C@H](CC(C)C)N(C)C(=O)[C@H](C)N(C)C(=O)[C@H](CC(C)C)NC1=O. The third kappa shape index (κ3) is 33.4. The van der Waals surface area contributed by atoms with Gasteiger partial charge in [-0.15, -0.1) is 0 Å². The molecule has 6 N–H and O–H groups in total. The molecule has 0 saturated carbocycles. The van der Waals surface area contributed by atoms with Crippen molar-refractivity contribution in [2.24, 2.45) is 23.7 Å². The van der Waals surface area contributed by atoms with Gasteiger partial charge in [-0.3, -0.25) is 52.7 Å². The van der Waals surface area contributed by atoms with E-state index in [1.165, 1.54) is 118 Å². The first-order valence-electron chi connectivity index (χ1n) is 38.2. The van der Waals surface area contributed by atoms with Gasteiger partial charge in [-0.05, 0) is 94.2 Å². The molecule has 0 aromatic heterocycles. The van der Waals surface area contributed by atoms with Crippen LogP contribution < -0.4 is 31.9 Å². The van der Waals surface area contributed by atoms with Gasteiger partial charge in [0, 0.05) is 81.1 Å². The van der Waals surface area contributed by atoms with Crippen molar-refractivity contribution in [2.45, 2.75) is 238 Å². The number of ether oxygens (including phenoxy) is 2. The molecule has 10 amide bonds. The molecule has 3 aromatic carbocycles. The summed E-state index contributed by atoms with van der Waals surface area (Å²) in [5.41, 5.74) is 2.11. The number of alkyl carbamates (subject to hydrolysis) is 1. The summed E-state index contributed by atoms with van der Waals surface area (Å²) in [4.78, 5) is 196. The highest BCUT2D eigenvalue weighted by molar-refractivity contribution is 8.77. The van der Waals surface area contributed by atoms with E-state index in [1.807, 2.05) is 99.6 Å². The topological polar surface area (TPSA) is 326 Å². The summed E-state index contributed by atoms with van der Waals surface area (Å²) in [5, 5.41) is 16.8. The normalized spacial score (nSPS) is 23.3. The zero-order chi connectivity index (χ0) is 83.0. The van der Waals surface area contributed by atoms with Gasteiger partial charge in [0.05, 0.1) is 17.8 Å². The average Bonchev–Trinajstić information content (AvgIpc) is 0.820. The first kappa shape index (κ1) is 95.5. The zero-order valence-electron chi connectivity index (χ0n) is 68.2. The van der Waals surface area contributed by atoms with Crippen LogP contribution in [0.25, 0.3) is 0 Å². The van der Waals surface area contributed by atoms with Crippen LogP contribution in [0.1, 0.15) is 165 Å². The average molecular weight is 1620 g/mol. The minimum Gasteiger partial charge on any atom is -0.450 e. The quantitative estimate of drug-likeness (QED) is 0.0188. The predicted octanol–water partition coefficient (Wildman–Crippen LogP) is 9.53. The van der Waals surface area contributed by atoms with Gasteiger partial charge in [0.2, 0.25) is 47.3 Å². The lowest BCUT2D eigenvalue weighted by Gasteiger charge is -2.36. The molecule has 1 fully saturated rings. The Morgan fingerprint density at radius 3 is 1.67 bits per heavy atom. The molecule has 111 heavy (non-hydrogen) atoms. The number of nitrogens with one attached hydrogen (secondary N) is 6. The number of likely N-dealkylation sites (N-methyl/N-ethyl adjacent to an activating group) is 4. The van der Waals surface area contributed by atoms with Crippen LogP contribution in [-0.2, 0) is 86.3 Å². The number of esters is 1. The molecule has 614 valence electrons. The molecule has 29 heteroatoms. The van der Waals surface area contributed by atoms with Crippen LogP contribution in [0.15, 0.2) is 104 Å². The van der Waals surface area contributed by atoms with Crippen LogP contribution in [0.4, 0.5) is 4.79 Å². The molecule has 1 aliphatic rings. The lowest BCUT2D eigenvalue weighted by atomic mass is 9.90. The number of carbonyl (C=O) groups excluding carboxylic acids is 13. The number of amides is 10. The van der Waals surface area contributed by atoms with Crippen molar-refractivity contribution in [1.82, 2.24) is 51.5 Å². The Hall–Kier alpha value is -7.89. The largest absolute Gasteiger partial charge is 0.450 e. The minimum absolute atomic E-state index is 0.00249. The van der Waals surface area contributed by atoms with Crippen molar-refractivity contribution >= 4 is 120 Å². The van der Waals surface area contributed by atoms with Gasteiger partial charge in [-0.2, -0.15) is 0 Å². The Kier molecular flexibility index (Phi) is 40.4. The fraction of sp³-hybridized carbons (Fsp3) is 0.598. The molecule has 0 aliphatic carbocycles. The molecule has 25 nitrogen and oxygen atoms in total. The summed E-state index contributed by atoms with van der Waals surface area (Å²) in [6.07, 6.45) is -0.983. The van der Waals surface area contributed by atoms with Crippen molar-refractivity contribution in [3.63, 3.8) is 0 Å². The van der Waals surface area contributed by atoms with Crippen LogP contribution in [0.3, 0.4) is 0 Å². The van der Waals surface area contributed by atoms with Crippen molar-refractivity contribution in [2.75, 3.05) is 52.8 Å². The number of nitrogens with zero attached hydrogens (tertiary/aromatic N) is 4. The van der Waals surface area contributed by atoms with Crippen LogP contribution in [0.2, 0.25) is 0 Å². The molecule has 3 aromatic rings. The smallest absolute Gasteiger partial charge is 0.408 e. The van der Waals surface area contributed by atoms with Gasteiger partial charge in [-0.1, -0.05) is 229 Å². The first-order valence-corrected chi connectivity index (χ1v) is 42.9. The molecule has 12 atom stereocenters. The predicted molar refractivity (Wildman–Crippen MR) is 442 cm³/mol. The van der Waals surface area contributed by atoms with E-state index >= 15 is 19.2 Å². The number of benzene rings is 3. The Morgan fingerprint density at radius 2 is 1.10 bits per heavy atom. The summed E-state index contributed by atoms with van der Waals surface area (Å²) in [5.74, 6) is -10.7. The molecule has 1 aliphatic heterocycles. The van der Waals surface area contributed by atoms with Gasteiger partial charge in [0.25, 0.3) is 5.91 Å². The summed E-state index contributed by atoms with van der Waals surface area (Å²) in [6.45, 7) is 28.9. The lowest BCUT2D eigenvalue weighted by Crippen LogP contribution is -2.57. The summed E-state index contributed by atoms with van der Waals surface area (Å²) < 4.78 is 10.8. The number of ketones is 2. The van der Waals surface area contributed by atoms with Crippen LogP contribution in [0.5, 0.6) is 0 Å². The minimum atomic E-state index is -1.60. The molecule has 2 unspecified atom stereocenters. The zero-order valence-corrected chi connectivity index (χ0v) is 71.4. The van der Waals surface area contributed by atoms with Crippen LogP contribution in [0, 0.1) is 23.7 Å². The van der Waals surface area contributed by atoms with E-state index in [0.717, 1.165) is 5.56 Å². The van der Waals surface area contributed by atoms with Crippen molar-refractivity contribution in [3.8, 4) is 0 Å². The molecule has 0 radical (unpaired) electrons. The third-order valence-electron chi connectivity index (χ3n) is 18.7. The molecule has 1 heterocycles. The molecule has 1 saturated heterocycles. The van der Waals surface area contributed by atoms with E-state index < -0.39 is 156 Å². The van der Waals surface area contributed by atoms with Gasteiger partial charge in [-0.25, -0.2) is 9.59 Å². The second-order valence-electron chi connectivity index (χ2n) is 31.5. The van der Waals surface area contributed by atoms with E-state index in [9.17, 15) is 43.2 Å². The Labute approximate surface area is 673 Å². The number of Topliss-reactive ketones (excluding diaryl/α,β-unsaturated/α-hetero) is 2. The van der Waals surface area contributed by atoms with Crippen molar-refractivity contribution in [1.29, 1.82) is 0 Å². The summed E-state index contributed by atoms with van der Waals surface area (Å²) in [6, 6.07) is 15.7. The Morgan fingerprint density at radius 1 is 0.568 bits per heavy atom. The molecule has 0 bridgehead atoms. The van der Waals surface area contributed by atoms with Crippen molar-refractivity contribution in [3.05, 3.63) is 120 Å². The summed E-state index contributed by atoms with van der Waals surface area (Å²) in [7, 11) is 11.3. The van der Waals surface area contributed by atoms with Crippen LogP contribution in [-0.4, -0.2) is 219 Å². The van der Waals surface area contributed by atoms with E-state index in [-0.39, 0.29) is 110 Å². The van der Waals surface area contributed by atoms with E-state index in [1.54, 1.807) is 67.6 Å². The second-order valence-corrected chi connectivity index (χ2v) is 37.8. The van der Waals surface area contributed by atoms with Gasteiger partial charge >= 0.3 is 12.1 Å². The molecule has 0 spiro atoms. The number of rotatable bonds is 26. The Balaban J connectivity index is 1.91. The molecule has 4 rings (SSSR count). The van der Waals surface area contributed by atoms with E-state index in [4.69, 9.17) is 9.47 Å². The molecular weight excluding hydrogens is 1490 g/mol. The standard InChI is InChI=1S/C82H122N10O15S4/c1-20-42-106-80(105)88-64(49-108-110-81(10,11)12)73(98)83-41-31-30-38-60-48-67(93)62(46-58-34-26-22-27-35-58)86-74(99)69(50-109-111-82(13,14)15)107-79(104)61(40-39-57-32-24-21-25-33-57)85-70(95)54(7)84-71(96)55(8)89(16)78(103)66(47-59-36-28-23-29-37-59)92(19)75(100)53(6)45-68(94)65(44-52(4)5)91(18)76(101)56(9)90(17)77(102)63(43-51(2)3)87-72(60)97/h20-29,32-37,51-56,60-66,69H,1,30-31,38-50H2,2-19H3,(H,83,98)(H,84,96)(H,85,95)(H,86,99)(H,87,97)(H,88,105)/t53-,54+,55+,56+,60-,61?,62+,63+,64+,65+,66+,69?/m1/s1. The maximum atomic E-state index is 15.5. The summed E-state index contributed by atoms with van der Waals surface area (Å²) >= 11 is 0. The lowest BCUT2D eigenvalue weighted by molar-refractivity contribution is -0.158. The van der Waals surface area contributed by atoms with Gasteiger partial charge in [0.1, 0.15) is 48.9 Å². The first-order chi connectivity index (χ1) is 52.1. The van der Waals surface area contributed by atoms with E-state index in [2.05, 4.69) is 38.5 Å². The van der Waals surface area contributed by atoms with Gasteiger partial charge < -0.3 is 61.0 Å². The number of aryl methyl sites for hydroxylation is 1. The Bertz CT molecular complexity index is 3580. The second kappa shape index (κ2) is 47.0. The number of unbranched alkanes of at least 4 members (excludes halogenated alkanes) is 1. The fourth-order valence-electron chi connectivity index (χ4n) is 12.1. The number of hydrogen-bond acceptors (Lipinski definition) is 19. The monoisotopic (exact) mass is 1610 g/mol. The molecular formula is C82H122N10O15S4. The van der Waals surface area contributed by atoms with Crippen molar-refractivity contribution < 1.29 is 71.8 Å². The third-order valence-corrected chi connectivity index (χ3v) is 25.3. The number of hydrogen-bond donors (Lipinski definition) is 6. The highest BCUT2D eigenvalue weighted by atomic mass is 33.1. The fourth-order valence-corrected chi connectivity index (χ4v) is 17.0. The number of cyclic esters (lactones) is 1. The van der Waals surface area contributed by atoms with Gasteiger partial charge in [0.15, 0.2) is 17.7 Å². The maximum Gasteiger partial charge on any atom is 0.408 e. The number of carbonyl (C=O) groups is 13. The van der Waals surface area contributed by atoms with Crippen LogP contribution >= 0.6 is 43.2 Å². The highest BCUT2D eigenvalue weighted by Gasteiger charge is 2.41. The highest BCUT2D eigenvalue weighted by Crippen LogP contribution is 2.37. The maximum absolute atomic E-state index is 15.5. The van der Waals surface area contributed by atoms with E-state index in [0.29, 0.717) is 11.1 Å².